The van der Waals surface area contributed by atoms with E-state index in [1.165, 1.54) is 6.92 Å². The van der Waals surface area contributed by atoms with Crippen molar-refractivity contribution in [2.24, 2.45) is 5.92 Å². The van der Waals surface area contributed by atoms with Crippen LogP contribution in [0.3, 0.4) is 0 Å². The van der Waals surface area contributed by atoms with Gasteiger partial charge in [-0.2, -0.15) is 0 Å². The average Bonchev–Trinajstić information content (AvgIpc) is 3.20. The number of esters is 2. The number of benzene rings is 4. The Bertz CT molecular complexity index is 1360. The molecule has 3 unspecified atom stereocenters. The van der Waals surface area contributed by atoms with E-state index in [4.69, 9.17) is 14.2 Å². The molecule has 34 heavy (non-hydrogen) atoms. The van der Waals surface area contributed by atoms with Crippen molar-refractivity contribution in [3.8, 4) is 5.75 Å². The van der Waals surface area contributed by atoms with Gasteiger partial charge in [-0.25, -0.2) is 0 Å². The molecule has 2 heterocycles. The van der Waals surface area contributed by atoms with Gasteiger partial charge in [0.1, 0.15) is 17.8 Å². The predicted octanol–water partition coefficient (Wildman–Crippen LogP) is 5.32. The summed E-state index contributed by atoms with van der Waals surface area (Å²) in [6.07, 6.45) is -1.58. The van der Waals surface area contributed by atoms with E-state index in [0.717, 1.165) is 27.5 Å². The Labute approximate surface area is 196 Å². The molecule has 0 bridgehead atoms. The normalized spacial score (nSPS) is 22.5. The van der Waals surface area contributed by atoms with Gasteiger partial charge in [0.15, 0.2) is 11.7 Å². The monoisotopic (exact) mass is 450 g/mol. The summed E-state index contributed by atoms with van der Waals surface area (Å²) >= 11 is 0. The zero-order valence-electron chi connectivity index (χ0n) is 18.5. The first kappa shape index (κ1) is 20.6. The van der Waals surface area contributed by atoms with Gasteiger partial charge in [-0.05, 0) is 28.0 Å². The number of hydrogen-bond donors (Lipinski definition) is 0. The zero-order valence-corrected chi connectivity index (χ0v) is 18.5. The van der Waals surface area contributed by atoms with Crippen molar-refractivity contribution < 1.29 is 23.8 Å². The third-order valence-electron chi connectivity index (χ3n) is 6.76. The van der Waals surface area contributed by atoms with Crippen LogP contribution < -0.4 is 4.74 Å². The second-order valence-electron chi connectivity index (χ2n) is 8.68. The fraction of sp³-hybridized carbons (Fsp3) is 0.172. The number of ether oxygens (including phenoxy) is 3. The standard InChI is InChI=1S/C29H22O5/c1-18(30)32-27-25-26(24-22-15-9-8-10-19(22)16-17-23(24)33-28(25)31)34-29(27,20-11-4-2-5-12-20)21-13-6-3-7-14-21/h2-17,25-27H,1H3. The molecule has 6 rings (SSSR count). The van der Waals surface area contributed by atoms with Crippen molar-refractivity contribution in [3.63, 3.8) is 0 Å². The molecule has 168 valence electrons. The van der Waals surface area contributed by atoms with Gasteiger partial charge in [-0.1, -0.05) is 91.0 Å². The quantitative estimate of drug-likeness (QED) is 0.312. The smallest absolute Gasteiger partial charge is 0.321 e. The lowest BCUT2D eigenvalue weighted by Crippen LogP contribution is -2.46. The van der Waals surface area contributed by atoms with Crippen LogP contribution in [0.5, 0.6) is 5.75 Å². The third-order valence-corrected chi connectivity index (χ3v) is 6.76. The number of carbonyl (C=O) groups is 2. The molecule has 2 aliphatic rings. The van der Waals surface area contributed by atoms with E-state index >= 15 is 0 Å². The first-order chi connectivity index (χ1) is 16.6. The Morgan fingerprint density at radius 1 is 0.824 bits per heavy atom. The summed E-state index contributed by atoms with van der Waals surface area (Å²) in [5.74, 6) is -1.30. The van der Waals surface area contributed by atoms with Crippen molar-refractivity contribution in [3.05, 3.63) is 114 Å². The first-order valence-corrected chi connectivity index (χ1v) is 11.3. The highest BCUT2D eigenvalue weighted by molar-refractivity contribution is 5.92. The second-order valence-corrected chi connectivity index (χ2v) is 8.68. The molecule has 0 radical (unpaired) electrons. The maximum atomic E-state index is 13.4. The fourth-order valence-corrected chi connectivity index (χ4v) is 5.41. The minimum atomic E-state index is -1.19. The lowest BCUT2D eigenvalue weighted by molar-refractivity contribution is -0.159. The number of fused-ring (bicyclic) bond motifs is 5. The van der Waals surface area contributed by atoms with Crippen LogP contribution in [0.4, 0.5) is 0 Å². The minimum absolute atomic E-state index is 0.465. The summed E-state index contributed by atoms with van der Waals surface area (Å²) in [6.45, 7) is 1.35. The summed E-state index contributed by atoms with van der Waals surface area (Å²) in [5, 5.41) is 1.96. The lowest BCUT2D eigenvalue weighted by atomic mass is 9.77. The first-order valence-electron chi connectivity index (χ1n) is 11.3. The highest BCUT2D eigenvalue weighted by Gasteiger charge is 2.64. The largest absolute Gasteiger partial charge is 0.458 e. The third kappa shape index (κ3) is 2.97. The van der Waals surface area contributed by atoms with Crippen molar-refractivity contribution >= 4 is 22.7 Å². The van der Waals surface area contributed by atoms with Crippen LogP contribution in [0.1, 0.15) is 29.7 Å². The van der Waals surface area contributed by atoms with Gasteiger partial charge in [0.25, 0.3) is 0 Å². The van der Waals surface area contributed by atoms with E-state index in [1.807, 2.05) is 91.0 Å². The van der Waals surface area contributed by atoms with Gasteiger partial charge < -0.3 is 14.2 Å². The van der Waals surface area contributed by atoms with Crippen molar-refractivity contribution in [1.82, 2.24) is 0 Å². The van der Waals surface area contributed by atoms with E-state index in [9.17, 15) is 9.59 Å². The van der Waals surface area contributed by atoms with E-state index in [1.54, 1.807) is 6.07 Å². The van der Waals surface area contributed by atoms with E-state index < -0.39 is 35.7 Å². The van der Waals surface area contributed by atoms with Crippen LogP contribution in [0.25, 0.3) is 10.8 Å². The van der Waals surface area contributed by atoms with Gasteiger partial charge in [0, 0.05) is 12.5 Å². The van der Waals surface area contributed by atoms with E-state index in [-0.39, 0.29) is 0 Å². The highest BCUT2D eigenvalue weighted by atomic mass is 16.6. The van der Waals surface area contributed by atoms with Crippen LogP contribution >= 0.6 is 0 Å². The number of rotatable bonds is 3. The fourth-order valence-electron chi connectivity index (χ4n) is 5.41. The van der Waals surface area contributed by atoms with Crippen LogP contribution in [-0.2, 0) is 24.7 Å². The molecule has 4 aromatic rings. The SMILES string of the molecule is CC(=O)OC1C2C(=O)Oc3ccc4ccccc4c3C2OC1(c1ccccc1)c1ccccc1. The Morgan fingerprint density at radius 3 is 2.09 bits per heavy atom. The van der Waals surface area contributed by atoms with Crippen LogP contribution in [0.15, 0.2) is 97.1 Å². The molecule has 5 nitrogen and oxygen atoms in total. The van der Waals surface area contributed by atoms with Crippen molar-refractivity contribution in [2.45, 2.75) is 24.7 Å². The van der Waals surface area contributed by atoms with Gasteiger partial charge in [-0.3, -0.25) is 9.59 Å². The molecule has 2 aliphatic heterocycles. The molecule has 0 spiro atoms. The molecule has 1 saturated heterocycles. The molecule has 4 aromatic carbocycles. The summed E-state index contributed by atoms with van der Waals surface area (Å²) in [5.41, 5.74) is 1.21. The Morgan fingerprint density at radius 2 is 1.44 bits per heavy atom. The Kier molecular flexibility index (Phi) is 4.74. The van der Waals surface area contributed by atoms with Gasteiger partial charge in [0.05, 0.1) is 0 Å². The number of carbonyl (C=O) groups excluding carboxylic acids is 2. The molecule has 3 atom stereocenters. The summed E-state index contributed by atoms with van der Waals surface area (Å²) in [7, 11) is 0. The predicted molar refractivity (Wildman–Crippen MR) is 126 cm³/mol. The molecule has 0 N–H and O–H groups in total. The zero-order chi connectivity index (χ0) is 23.3. The van der Waals surface area contributed by atoms with Crippen molar-refractivity contribution in [1.29, 1.82) is 0 Å². The van der Waals surface area contributed by atoms with Gasteiger partial charge >= 0.3 is 11.9 Å². The minimum Gasteiger partial charge on any atom is -0.458 e. The maximum Gasteiger partial charge on any atom is 0.321 e. The van der Waals surface area contributed by atoms with Crippen molar-refractivity contribution in [2.75, 3.05) is 0 Å². The van der Waals surface area contributed by atoms with E-state index in [2.05, 4.69) is 0 Å². The molecular weight excluding hydrogens is 428 g/mol. The van der Waals surface area contributed by atoms with E-state index in [0.29, 0.717) is 5.75 Å². The van der Waals surface area contributed by atoms with Crippen LogP contribution in [-0.4, -0.2) is 18.0 Å². The molecular formula is C29H22O5. The molecule has 0 amide bonds. The lowest BCUT2D eigenvalue weighted by Gasteiger charge is -2.35. The topological polar surface area (TPSA) is 61.8 Å². The molecule has 5 heteroatoms. The number of hydrogen-bond acceptors (Lipinski definition) is 5. The molecule has 0 saturated carbocycles. The van der Waals surface area contributed by atoms with Gasteiger partial charge in [0.2, 0.25) is 0 Å². The molecule has 0 aromatic heterocycles. The Balaban J connectivity index is 1.65. The van der Waals surface area contributed by atoms with Crippen LogP contribution in [0, 0.1) is 5.92 Å². The second kappa shape index (κ2) is 7.82. The Hall–Kier alpha value is -3.96. The summed E-state index contributed by atoms with van der Waals surface area (Å²) in [6, 6.07) is 30.9. The molecule has 0 aliphatic carbocycles. The maximum absolute atomic E-state index is 13.4. The van der Waals surface area contributed by atoms with Crippen LogP contribution in [0.2, 0.25) is 0 Å². The summed E-state index contributed by atoms with van der Waals surface area (Å²) in [4.78, 5) is 25.8. The summed E-state index contributed by atoms with van der Waals surface area (Å²) < 4.78 is 18.7. The van der Waals surface area contributed by atoms with Gasteiger partial charge in [-0.15, -0.1) is 0 Å². The average molecular weight is 450 g/mol. The highest BCUT2D eigenvalue weighted by Crippen LogP contribution is 2.58. The molecule has 1 fully saturated rings.